The minimum Gasteiger partial charge on any atom is -0.318 e. The maximum absolute atomic E-state index is 6.21. The quantitative estimate of drug-likeness (QED) is 0.768. The lowest BCUT2D eigenvalue weighted by atomic mass is 10.3. The first-order valence-corrected chi connectivity index (χ1v) is 7.58. The first-order chi connectivity index (χ1) is 8.24. The number of hydrogen-bond donors (Lipinski definition) is 1. The van der Waals surface area contributed by atoms with Crippen LogP contribution in [0, 0.1) is 0 Å². The van der Waals surface area contributed by atoms with Crippen molar-refractivity contribution in [2.75, 3.05) is 0 Å². The minimum absolute atomic E-state index is 0.105. The van der Waals surface area contributed by atoms with Crippen molar-refractivity contribution in [2.24, 2.45) is 5.73 Å². The van der Waals surface area contributed by atoms with Gasteiger partial charge in [0.2, 0.25) is 0 Å². The van der Waals surface area contributed by atoms with E-state index in [4.69, 9.17) is 5.73 Å². The highest BCUT2D eigenvalue weighted by atomic mass is 79.9. The zero-order chi connectivity index (χ0) is 11.8. The first-order valence-electron chi connectivity index (χ1n) is 5.09. The molecule has 0 spiro atoms. The van der Waals surface area contributed by atoms with Gasteiger partial charge in [-0.25, -0.2) is 4.98 Å². The predicted octanol–water partition coefficient (Wildman–Crippen LogP) is 4.17. The zero-order valence-corrected chi connectivity index (χ0v) is 12.0. The molecule has 0 saturated carbocycles. The number of thiazole rings is 1. The largest absolute Gasteiger partial charge is 0.318 e. The smallest absolute Gasteiger partial charge is 0.116 e. The van der Waals surface area contributed by atoms with Gasteiger partial charge >= 0.3 is 0 Å². The molecule has 86 valence electrons. The van der Waals surface area contributed by atoms with Crippen molar-refractivity contribution in [3.8, 4) is 0 Å². The molecule has 0 aliphatic heterocycles. The van der Waals surface area contributed by atoms with Gasteiger partial charge in [0.15, 0.2) is 0 Å². The Balaban J connectivity index is 2.06. The van der Waals surface area contributed by atoms with Crippen molar-refractivity contribution in [2.45, 2.75) is 6.04 Å². The summed E-state index contributed by atoms with van der Waals surface area (Å²) in [5, 5.41) is 3.01. The van der Waals surface area contributed by atoms with Gasteiger partial charge in [0.25, 0.3) is 0 Å². The highest BCUT2D eigenvalue weighted by molar-refractivity contribution is 9.10. The Morgan fingerprint density at radius 2 is 2.18 bits per heavy atom. The Labute approximate surface area is 115 Å². The molecule has 17 heavy (non-hydrogen) atoms. The van der Waals surface area contributed by atoms with Crippen LogP contribution >= 0.6 is 38.6 Å². The summed E-state index contributed by atoms with van der Waals surface area (Å²) in [4.78, 5) is 5.74. The fraction of sp³-hybridized carbons (Fsp3) is 0.0833. The van der Waals surface area contributed by atoms with E-state index in [0.29, 0.717) is 0 Å². The van der Waals surface area contributed by atoms with Gasteiger partial charge in [-0.1, -0.05) is 22.0 Å². The van der Waals surface area contributed by atoms with Gasteiger partial charge in [-0.05, 0) is 29.6 Å². The molecule has 0 amide bonds. The first kappa shape index (κ1) is 11.3. The van der Waals surface area contributed by atoms with E-state index >= 15 is 0 Å². The van der Waals surface area contributed by atoms with Crippen LogP contribution in [0.1, 0.15) is 15.9 Å². The van der Waals surface area contributed by atoms with Crippen LogP contribution in [-0.4, -0.2) is 4.98 Å². The number of nitrogens with zero attached hydrogens (tertiary/aromatic N) is 1. The highest BCUT2D eigenvalue weighted by Gasteiger charge is 2.14. The van der Waals surface area contributed by atoms with Gasteiger partial charge < -0.3 is 5.73 Å². The van der Waals surface area contributed by atoms with Crippen LogP contribution in [0.15, 0.2) is 40.2 Å². The molecule has 0 aliphatic carbocycles. The van der Waals surface area contributed by atoms with Gasteiger partial charge in [-0.15, -0.1) is 22.7 Å². The number of hydrogen-bond acceptors (Lipinski definition) is 4. The lowest BCUT2D eigenvalue weighted by molar-refractivity contribution is 0.883. The number of halogens is 1. The molecule has 3 aromatic rings. The van der Waals surface area contributed by atoms with Crippen LogP contribution in [0.2, 0.25) is 0 Å². The van der Waals surface area contributed by atoms with Crippen LogP contribution in [0.3, 0.4) is 0 Å². The van der Waals surface area contributed by atoms with E-state index in [9.17, 15) is 0 Å². The van der Waals surface area contributed by atoms with Crippen molar-refractivity contribution >= 4 is 48.8 Å². The Kier molecular flexibility index (Phi) is 3.00. The molecule has 5 heteroatoms. The number of nitrogens with two attached hydrogens (primary N) is 1. The zero-order valence-electron chi connectivity index (χ0n) is 8.76. The Morgan fingerprint density at radius 3 is 2.94 bits per heavy atom. The molecule has 0 bridgehead atoms. The standard InChI is InChI=1S/C12H9BrN2S2/c13-7-3-4-8-10(6-7)17-12(15-8)11(14)9-2-1-5-16-9/h1-6,11H,14H2. The molecule has 0 radical (unpaired) electrons. The molecule has 2 aromatic heterocycles. The molecule has 0 aliphatic rings. The Morgan fingerprint density at radius 1 is 1.29 bits per heavy atom. The highest BCUT2D eigenvalue weighted by Crippen LogP contribution is 2.31. The summed E-state index contributed by atoms with van der Waals surface area (Å²) < 4.78 is 2.24. The second kappa shape index (κ2) is 4.49. The van der Waals surface area contributed by atoms with Crippen molar-refractivity contribution in [3.63, 3.8) is 0 Å². The number of aromatic nitrogens is 1. The van der Waals surface area contributed by atoms with Crippen molar-refractivity contribution < 1.29 is 0 Å². The van der Waals surface area contributed by atoms with E-state index in [1.807, 2.05) is 23.6 Å². The van der Waals surface area contributed by atoms with Crippen molar-refractivity contribution in [1.29, 1.82) is 0 Å². The maximum atomic E-state index is 6.21. The average Bonchev–Trinajstić information content (AvgIpc) is 2.96. The number of rotatable bonds is 2. The Hall–Kier alpha value is -0.750. The topological polar surface area (TPSA) is 38.9 Å². The average molecular weight is 325 g/mol. The van der Waals surface area contributed by atoms with E-state index in [1.165, 1.54) is 4.70 Å². The summed E-state index contributed by atoms with van der Waals surface area (Å²) in [6.45, 7) is 0. The molecule has 2 heterocycles. The third-order valence-corrected chi connectivity index (χ3v) is 5.03. The predicted molar refractivity (Wildman–Crippen MR) is 77.7 cm³/mol. The molecule has 0 fully saturated rings. The number of thiophene rings is 1. The van der Waals surface area contributed by atoms with E-state index in [2.05, 4.69) is 33.0 Å². The van der Waals surface area contributed by atoms with E-state index in [1.54, 1.807) is 22.7 Å². The second-order valence-electron chi connectivity index (χ2n) is 3.66. The van der Waals surface area contributed by atoms with Crippen LogP contribution in [0.4, 0.5) is 0 Å². The lowest BCUT2D eigenvalue weighted by Gasteiger charge is -2.03. The fourth-order valence-corrected chi connectivity index (χ4v) is 3.98. The van der Waals surface area contributed by atoms with Gasteiger partial charge in [-0.2, -0.15) is 0 Å². The molecular weight excluding hydrogens is 316 g/mol. The minimum atomic E-state index is -0.105. The summed E-state index contributed by atoms with van der Waals surface area (Å²) in [6, 6.07) is 10.1. The monoisotopic (exact) mass is 324 g/mol. The molecule has 2 N–H and O–H groups in total. The van der Waals surface area contributed by atoms with Crippen LogP contribution < -0.4 is 5.73 Å². The third-order valence-electron chi connectivity index (χ3n) is 2.48. The van der Waals surface area contributed by atoms with Gasteiger partial charge in [0, 0.05) is 9.35 Å². The second-order valence-corrected chi connectivity index (χ2v) is 6.61. The molecule has 1 aromatic carbocycles. The fourth-order valence-electron chi connectivity index (χ4n) is 1.64. The molecule has 2 nitrogen and oxygen atoms in total. The van der Waals surface area contributed by atoms with E-state index in [-0.39, 0.29) is 6.04 Å². The summed E-state index contributed by atoms with van der Waals surface area (Å²) in [5.74, 6) is 0. The van der Waals surface area contributed by atoms with E-state index < -0.39 is 0 Å². The van der Waals surface area contributed by atoms with Crippen molar-refractivity contribution in [1.82, 2.24) is 4.98 Å². The van der Waals surface area contributed by atoms with Crippen LogP contribution in [-0.2, 0) is 0 Å². The van der Waals surface area contributed by atoms with Crippen LogP contribution in [0.25, 0.3) is 10.2 Å². The SMILES string of the molecule is NC(c1cccs1)c1nc2ccc(Br)cc2s1. The molecule has 3 rings (SSSR count). The van der Waals surface area contributed by atoms with E-state index in [0.717, 1.165) is 19.9 Å². The number of fused-ring (bicyclic) bond motifs is 1. The maximum Gasteiger partial charge on any atom is 0.116 e. The van der Waals surface area contributed by atoms with Crippen LogP contribution in [0.5, 0.6) is 0 Å². The third kappa shape index (κ3) is 2.15. The van der Waals surface area contributed by atoms with Gasteiger partial charge in [0.05, 0.1) is 16.3 Å². The molecule has 1 atom stereocenters. The molecule has 1 unspecified atom stereocenters. The normalized spacial score (nSPS) is 13.1. The van der Waals surface area contributed by atoms with Crippen molar-refractivity contribution in [3.05, 3.63) is 50.1 Å². The summed E-state index contributed by atoms with van der Waals surface area (Å²) in [5.41, 5.74) is 7.22. The summed E-state index contributed by atoms with van der Waals surface area (Å²) in [7, 11) is 0. The number of benzene rings is 1. The van der Waals surface area contributed by atoms with Gasteiger partial charge in [-0.3, -0.25) is 0 Å². The molecule has 0 saturated heterocycles. The lowest BCUT2D eigenvalue weighted by Crippen LogP contribution is -2.09. The summed E-state index contributed by atoms with van der Waals surface area (Å²) in [6.07, 6.45) is 0. The molecular formula is C12H9BrN2S2. The summed E-state index contributed by atoms with van der Waals surface area (Å²) >= 11 is 6.80. The Bertz CT molecular complexity index is 646. The van der Waals surface area contributed by atoms with Gasteiger partial charge in [0.1, 0.15) is 5.01 Å².